The van der Waals surface area contributed by atoms with E-state index in [1.165, 1.54) is 0 Å². The molecule has 0 radical (unpaired) electrons. The van der Waals surface area contributed by atoms with E-state index in [9.17, 15) is 4.79 Å². The van der Waals surface area contributed by atoms with Crippen LogP contribution in [0, 0.1) is 0 Å². The fourth-order valence-corrected chi connectivity index (χ4v) is 2.22. The minimum absolute atomic E-state index is 0. The van der Waals surface area contributed by atoms with E-state index in [1.807, 2.05) is 24.3 Å². The van der Waals surface area contributed by atoms with E-state index in [2.05, 4.69) is 5.32 Å². The SMILES string of the molecule is COc1ccccc1CNC(=O)[C@@H]1CC[C@H](CN)O1.Cl. The summed E-state index contributed by atoms with van der Waals surface area (Å²) in [7, 11) is 1.62. The van der Waals surface area contributed by atoms with E-state index < -0.39 is 0 Å². The van der Waals surface area contributed by atoms with Gasteiger partial charge in [0.2, 0.25) is 5.91 Å². The lowest BCUT2D eigenvalue weighted by Crippen LogP contribution is -2.35. The number of rotatable bonds is 5. The van der Waals surface area contributed by atoms with Crippen molar-refractivity contribution < 1.29 is 14.3 Å². The van der Waals surface area contributed by atoms with Crippen molar-refractivity contribution in [2.24, 2.45) is 5.73 Å². The third-order valence-electron chi connectivity index (χ3n) is 3.31. The van der Waals surface area contributed by atoms with Gasteiger partial charge in [-0.25, -0.2) is 0 Å². The van der Waals surface area contributed by atoms with Crippen molar-refractivity contribution in [3.8, 4) is 5.75 Å². The summed E-state index contributed by atoms with van der Waals surface area (Å²) in [6, 6.07) is 7.62. The second-order valence-electron chi connectivity index (χ2n) is 4.59. The highest BCUT2D eigenvalue weighted by Crippen LogP contribution is 2.20. The third kappa shape index (κ3) is 4.10. The fraction of sp³-hybridized carbons (Fsp3) is 0.500. The lowest BCUT2D eigenvalue weighted by Gasteiger charge is -2.14. The number of ether oxygens (including phenoxy) is 2. The highest BCUT2D eigenvalue weighted by molar-refractivity contribution is 5.85. The number of methoxy groups -OCH3 is 1. The minimum Gasteiger partial charge on any atom is -0.496 e. The molecular formula is C14H21ClN2O3. The summed E-state index contributed by atoms with van der Waals surface area (Å²) < 4.78 is 10.8. The lowest BCUT2D eigenvalue weighted by molar-refractivity contribution is -0.132. The Morgan fingerprint density at radius 3 is 2.85 bits per heavy atom. The maximum atomic E-state index is 12.0. The summed E-state index contributed by atoms with van der Waals surface area (Å²) in [5, 5.41) is 2.88. The van der Waals surface area contributed by atoms with Gasteiger partial charge in [0.15, 0.2) is 0 Å². The highest BCUT2D eigenvalue weighted by Gasteiger charge is 2.29. The van der Waals surface area contributed by atoms with Crippen molar-refractivity contribution in [1.29, 1.82) is 0 Å². The number of carbonyl (C=O) groups is 1. The van der Waals surface area contributed by atoms with Crippen LogP contribution in [0.4, 0.5) is 0 Å². The fourth-order valence-electron chi connectivity index (χ4n) is 2.22. The molecule has 5 nitrogen and oxygen atoms in total. The quantitative estimate of drug-likeness (QED) is 0.858. The van der Waals surface area contributed by atoms with E-state index in [1.54, 1.807) is 7.11 Å². The van der Waals surface area contributed by atoms with Gasteiger partial charge in [-0.15, -0.1) is 12.4 Å². The molecule has 0 aromatic heterocycles. The van der Waals surface area contributed by atoms with E-state index in [0.717, 1.165) is 24.2 Å². The first-order chi connectivity index (χ1) is 9.24. The predicted molar refractivity (Wildman–Crippen MR) is 79.0 cm³/mol. The molecule has 0 aliphatic carbocycles. The van der Waals surface area contributed by atoms with Gasteiger partial charge < -0.3 is 20.5 Å². The summed E-state index contributed by atoms with van der Waals surface area (Å²) in [4.78, 5) is 12.0. The van der Waals surface area contributed by atoms with Crippen molar-refractivity contribution >= 4 is 18.3 Å². The molecule has 1 aliphatic rings. The van der Waals surface area contributed by atoms with Crippen LogP contribution < -0.4 is 15.8 Å². The summed E-state index contributed by atoms with van der Waals surface area (Å²) in [6.07, 6.45) is 1.23. The summed E-state index contributed by atoms with van der Waals surface area (Å²) >= 11 is 0. The molecule has 1 saturated heterocycles. The van der Waals surface area contributed by atoms with Gasteiger partial charge in [0.25, 0.3) is 0 Å². The molecule has 2 rings (SSSR count). The molecule has 1 aromatic carbocycles. The lowest BCUT2D eigenvalue weighted by atomic mass is 10.1. The van der Waals surface area contributed by atoms with Crippen LogP contribution in [0.2, 0.25) is 0 Å². The van der Waals surface area contributed by atoms with Gasteiger partial charge in [0, 0.05) is 18.7 Å². The predicted octanol–water partition coefficient (Wildman–Crippen LogP) is 1.24. The Kier molecular flexibility index (Phi) is 6.78. The third-order valence-corrected chi connectivity index (χ3v) is 3.31. The summed E-state index contributed by atoms with van der Waals surface area (Å²) in [5.74, 6) is 0.692. The van der Waals surface area contributed by atoms with Gasteiger partial charge in [-0.3, -0.25) is 4.79 Å². The molecule has 3 N–H and O–H groups in total. The molecule has 6 heteroatoms. The maximum absolute atomic E-state index is 12.0. The molecule has 0 saturated carbocycles. The monoisotopic (exact) mass is 300 g/mol. The number of amides is 1. The number of carbonyl (C=O) groups excluding carboxylic acids is 1. The van der Waals surface area contributed by atoms with E-state index in [4.69, 9.17) is 15.2 Å². The van der Waals surface area contributed by atoms with Crippen LogP contribution in [0.25, 0.3) is 0 Å². The van der Waals surface area contributed by atoms with Gasteiger partial charge >= 0.3 is 0 Å². The van der Waals surface area contributed by atoms with Crippen molar-refractivity contribution in [1.82, 2.24) is 5.32 Å². The average molecular weight is 301 g/mol. The van der Waals surface area contributed by atoms with Crippen LogP contribution in [0.15, 0.2) is 24.3 Å². The van der Waals surface area contributed by atoms with Crippen LogP contribution in [0.1, 0.15) is 18.4 Å². The van der Waals surface area contributed by atoms with Crippen LogP contribution in [-0.4, -0.2) is 31.8 Å². The zero-order valence-corrected chi connectivity index (χ0v) is 12.3. The normalized spacial score (nSPS) is 21.1. The van der Waals surface area contributed by atoms with Crippen molar-refractivity contribution in [3.63, 3.8) is 0 Å². The van der Waals surface area contributed by atoms with Gasteiger partial charge in [0.1, 0.15) is 11.9 Å². The molecule has 0 unspecified atom stereocenters. The van der Waals surface area contributed by atoms with E-state index in [-0.39, 0.29) is 30.5 Å². The second kappa shape index (κ2) is 8.09. The maximum Gasteiger partial charge on any atom is 0.249 e. The molecule has 1 heterocycles. The Labute approximate surface area is 125 Å². The van der Waals surface area contributed by atoms with Crippen LogP contribution in [0.3, 0.4) is 0 Å². The second-order valence-corrected chi connectivity index (χ2v) is 4.59. The number of nitrogens with two attached hydrogens (primary N) is 1. The Balaban J connectivity index is 0.00000200. The standard InChI is InChI=1S/C14H20N2O3.ClH/c1-18-12-5-3-2-4-10(12)9-16-14(17)13-7-6-11(8-15)19-13;/h2-5,11,13H,6-9,15H2,1H3,(H,16,17);1H/t11-,13+;/m1./s1. The van der Waals surface area contributed by atoms with E-state index >= 15 is 0 Å². The van der Waals surface area contributed by atoms with Crippen molar-refractivity contribution in [2.45, 2.75) is 31.6 Å². The summed E-state index contributed by atoms with van der Waals surface area (Å²) in [5.41, 5.74) is 6.48. The number of benzene rings is 1. The topological polar surface area (TPSA) is 73.6 Å². The molecule has 0 bridgehead atoms. The molecule has 1 aromatic rings. The molecule has 1 amide bonds. The smallest absolute Gasteiger partial charge is 0.249 e. The zero-order chi connectivity index (χ0) is 13.7. The number of halogens is 1. The summed E-state index contributed by atoms with van der Waals surface area (Å²) in [6.45, 7) is 0.909. The molecule has 20 heavy (non-hydrogen) atoms. The van der Waals surface area contributed by atoms with E-state index in [0.29, 0.717) is 13.1 Å². The average Bonchev–Trinajstić information content (AvgIpc) is 2.94. The molecule has 1 aliphatic heterocycles. The molecule has 112 valence electrons. The van der Waals surface area contributed by atoms with Crippen LogP contribution in [-0.2, 0) is 16.1 Å². The minimum atomic E-state index is -0.372. The van der Waals surface area contributed by atoms with Crippen LogP contribution >= 0.6 is 12.4 Å². The Morgan fingerprint density at radius 2 is 2.20 bits per heavy atom. The number of hydrogen-bond donors (Lipinski definition) is 2. The van der Waals surface area contributed by atoms with Crippen molar-refractivity contribution in [3.05, 3.63) is 29.8 Å². The van der Waals surface area contributed by atoms with Gasteiger partial charge in [-0.2, -0.15) is 0 Å². The number of nitrogens with one attached hydrogen (secondary N) is 1. The zero-order valence-electron chi connectivity index (χ0n) is 11.5. The molecular weight excluding hydrogens is 280 g/mol. The van der Waals surface area contributed by atoms with Crippen LogP contribution in [0.5, 0.6) is 5.75 Å². The van der Waals surface area contributed by atoms with Crippen molar-refractivity contribution in [2.75, 3.05) is 13.7 Å². The largest absolute Gasteiger partial charge is 0.496 e. The van der Waals surface area contributed by atoms with Gasteiger partial charge in [-0.05, 0) is 18.9 Å². The Bertz CT molecular complexity index is 442. The molecule has 2 atom stereocenters. The Morgan fingerprint density at radius 1 is 1.45 bits per heavy atom. The highest BCUT2D eigenvalue weighted by atomic mass is 35.5. The number of para-hydroxylation sites is 1. The molecule has 0 spiro atoms. The Hall–Kier alpha value is -1.30. The molecule has 1 fully saturated rings. The first-order valence-corrected chi connectivity index (χ1v) is 6.49. The first kappa shape index (κ1) is 16.8. The van der Waals surface area contributed by atoms with Gasteiger partial charge in [0.05, 0.1) is 13.2 Å². The van der Waals surface area contributed by atoms with Gasteiger partial charge in [-0.1, -0.05) is 18.2 Å². The first-order valence-electron chi connectivity index (χ1n) is 6.49. The number of hydrogen-bond acceptors (Lipinski definition) is 4.